The van der Waals surface area contributed by atoms with Gasteiger partial charge in [0, 0.05) is 72.8 Å². The zero-order valence-corrected chi connectivity index (χ0v) is 30.5. The van der Waals surface area contributed by atoms with Crippen LogP contribution in [0.4, 0.5) is 11.4 Å². The lowest BCUT2D eigenvalue weighted by atomic mass is 9.98. The molecule has 0 saturated heterocycles. The fourth-order valence-corrected chi connectivity index (χ4v) is 7.37. The lowest BCUT2D eigenvalue weighted by Gasteiger charge is -2.24. The Kier molecular flexibility index (Phi) is 9.44. The van der Waals surface area contributed by atoms with Gasteiger partial charge in [-0.3, -0.25) is 9.48 Å². The van der Waals surface area contributed by atoms with E-state index >= 15 is 0 Å². The number of carbonyl (C=O) groups excluding carboxylic acids is 1. The molecule has 9 nitrogen and oxygen atoms in total. The Bertz CT molecular complexity index is 2110. The molecule has 1 aliphatic heterocycles. The smallest absolute Gasteiger partial charge is 0.335 e. The van der Waals surface area contributed by atoms with Crippen LogP contribution in [0.15, 0.2) is 42.5 Å². The number of halogens is 2. The number of carboxylic acids is 1. The Balaban J connectivity index is 1.49. The van der Waals surface area contributed by atoms with E-state index in [4.69, 9.17) is 27.9 Å². The van der Waals surface area contributed by atoms with Crippen LogP contribution in [0.5, 0.6) is 5.75 Å². The van der Waals surface area contributed by atoms with E-state index in [1.807, 2.05) is 88.8 Å². The average Bonchev–Trinajstić information content (AvgIpc) is 3.42. The van der Waals surface area contributed by atoms with Gasteiger partial charge in [0.25, 0.3) is 5.91 Å². The molecule has 0 bridgehead atoms. The van der Waals surface area contributed by atoms with Gasteiger partial charge in [-0.25, -0.2) is 4.79 Å². The van der Waals surface area contributed by atoms with Crippen LogP contribution in [0.25, 0.3) is 22.0 Å². The summed E-state index contributed by atoms with van der Waals surface area (Å²) in [6.45, 7) is 9.38. The van der Waals surface area contributed by atoms with Crippen LogP contribution in [-0.2, 0) is 20.0 Å². The summed E-state index contributed by atoms with van der Waals surface area (Å²) < 4.78 is 10.2. The number of carboxylic acid groups (broad SMARTS) is 1. The molecule has 1 amide bonds. The number of hydrogen-bond donors (Lipinski definition) is 1. The van der Waals surface area contributed by atoms with Crippen LogP contribution in [-0.4, -0.2) is 58.6 Å². The maximum absolute atomic E-state index is 14.9. The lowest BCUT2D eigenvalue weighted by Crippen LogP contribution is -2.32. The normalized spacial score (nSPS) is 13.2. The second-order valence-electron chi connectivity index (χ2n) is 13.0. The van der Waals surface area contributed by atoms with Crippen LogP contribution >= 0.6 is 23.2 Å². The Morgan fingerprint density at radius 3 is 2.35 bits per heavy atom. The first kappa shape index (κ1) is 34.4. The molecule has 3 aromatic carbocycles. The van der Waals surface area contributed by atoms with Crippen LogP contribution in [0.1, 0.15) is 61.8 Å². The number of fused-ring (bicyclic) bond motifs is 3. The quantitative estimate of drug-likeness (QED) is 0.155. The summed E-state index contributed by atoms with van der Waals surface area (Å²) in [7, 11) is 5.63. The van der Waals surface area contributed by atoms with E-state index in [2.05, 4.69) is 9.67 Å². The van der Waals surface area contributed by atoms with Gasteiger partial charge in [0.2, 0.25) is 0 Å². The minimum absolute atomic E-state index is 0.125. The average molecular weight is 703 g/mol. The second kappa shape index (κ2) is 13.4. The van der Waals surface area contributed by atoms with E-state index in [0.717, 1.165) is 60.9 Å². The molecule has 3 heterocycles. The number of rotatable bonds is 9. The number of aromatic nitrogens is 3. The SMILES string of the molecule is Cc1cc(OCCCc2c3n(c4c(-c5c(C)nn(C)c5C)c(Cl)ccc24)CCCN(c2cc(C(=O)O)cc(N(C)C)c2)C3=O)cc(C)c1Cl. The summed E-state index contributed by atoms with van der Waals surface area (Å²) in [6.07, 6.45) is 1.89. The highest BCUT2D eigenvalue weighted by Crippen LogP contribution is 2.43. The summed E-state index contributed by atoms with van der Waals surface area (Å²) in [5.74, 6) is -0.467. The summed E-state index contributed by atoms with van der Waals surface area (Å²) in [4.78, 5) is 30.6. The van der Waals surface area contributed by atoms with Crippen molar-refractivity contribution in [2.45, 2.75) is 53.5 Å². The van der Waals surface area contributed by atoms with Gasteiger partial charge in [-0.05, 0) is 100 Å². The summed E-state index contributed by atoms with van der Waals surface area (Å²) in [5, 5.41) is 16.9. The monoisotopic (exact) mass is 701 g/mol. The predicted octanol–water partition coefficient (Wildman–Crippen LogP) is 8.41. The fraction of sp³-hybridized carbons (Fsp3) is 0.342. The van der Waals surface area contributed by atoms with Gasteiger partial charge < -0.3 is 24.2 Å². The Morgan fingerprint density at radius 1 is 1.00 bits per heavy atom. The third-order valence-electron chi connectivity index (χ3n) is 9.48. The highest BCUT2D eigenvalue weighted by atomic mass is 35.5. The van der Waals surface area contributed by atoms with Crippen molar-refractivity contribution in [2.24, 2.45) is 7.05 Å². The number of hydrogen-bond acceptors (Lipinski definition) is 5. The van der Waals surface area contributed by atoms with E-state index in [1.165, 1.54) is 0 Å². The molecule has 1 N–H and O–H groups in total. The molecular weight excluding hydrogens is 661 g/mol. The molecule has 0 saturated carbocycles. The molecule has 2 aromatic heterocycles. The van der Waals surface area contributed by atoms with Crippen molar-refractivity contribution >= 4 is 57.4 Å². The minimum atomic E-state index is -1.05. The lowest BCUT2D eigenvalue weighted by molar-refractivity contribution is 0.0696. The number of ether oxygens (including phenoxy) is 1. The molecule has 0 unspecified atom stereocenters. The van der Waals surface area contributed by atoms with Gasteiger partial charge in [0.1, 0.15) is 11.4 Å². The highest BCUT2D eigenvalue weighted by Gasteiger charge is 2.33. The van der Waals surface area contributed by atoms with Gasteiger partial charge in [0.15, 0.2) is 0 Å². The van der Waals surface area contributed by atoms with Crippen molar-refractivity contribution in [3.05, 3.63) is 91.8 Å². The molecule has 256 valence electrons. The maximum Gasteiger partial charge on any atom is 0.335 e. The number of aryl methyl sites for hydroxylation is 6. The minimum Gasteiger partial charge on any atom is -0.494 e. The van der Waals surface area contributed by atoms with Crippen LogP contribution in [0, 0.1) is 27.7 Å². The van der Waals surface area contributed by atoms with Crippen LogP contribution in [0.3, 0.4) is 0 Å². The van der Waals surface area contributed by atoms with Crippen molar-refractivity contribution in [1.29, 1.82) is 0 Å². The largest absolute Gasteiger partial charge is 0.494 e. The molecule has 6 rings (SSSR count). The van der Waals surface area contributed by atoms with Crippen molar-refractivity contribution in [3.8, 4) is 16.9 Å². The van der Waals surface area contributed by atoms with Gasteiger partial charge in [-0.2, -0.15) is 5.10 Å². The third kappa shape index (κ3) is 6.26. The molecule has 49 heavy (non-hydrogen) atoms. The maximum atomic E-state index is 14.9. The zero-order valence-electron chi connectivity index (χ0n) is 28.9. The first-order chi connectivity index (χ1) is 23.3. The standard InChI is InChI=1S/C38H41Cl2N5O4/c1-21-16-28(17-22(2)34(21)40)49-15-8-10-29-30-11-12-31(39)33(32-23(3)41-43(7)24(32)4)35(30)45-14-9-13-44(37(46)36(29)45)27-19-25(38(47)48)18-26(20-27)42(5)6/h11-12,16-20H,8-10,13-15H2,1-7H3,(H,47,48). The highest BCUT2D eigenvalue weighted by molar-refractivity contribution is 6.35. The molecule has 0 fully saturated rings. The van der Waals surface area contributed by atoms with Gasteiger partial charge in [0.05, 0.1) is 28.4 Å². The fourth-order valence-electron chi connectivity index (χ4n) is 7.01. The van der Waals surface area contributed by atoms with Crippen molar-refractivity contribution in [2.75, 3.05) is 37.0 Å². The Hall–Kier alpha value is -4.47. The van der Waals surface area contributed by atoms with Crippen molar-refractivity contribution in [3.63, 3.8) is 0 Å². The van der Waals surface area contributed by atoms with Gasteiger partial charge >= 0.3 is 5.97 Å². The van der Waals surface area contributed by atoms with Crippen LogP contribution < -0.4 is 14.5 Å². The van der Waals surface area contributed by atoms with E-state index < -0.39 is 5.97 Å². The molecule has 11 heteroatoms. The van der Waals surface area contributed by atoms with Crippen molar-refractivity contribution in [1.82, 2.24) is 14.3 Å². The molecule has 0 aliphatic carbocycles. The van der Waals surface area contributed by atoms with E-state index in [0.29, 0.717) is 61.1 Å². The number of anilines is 2. The first-order valence-corrected chi connectivity index (χ1v) is 17.1. The van der Waals surface area contributed by atoms with Gasteiger partial charge in [-0.15, -0.1) is 0 Å². The summed E-state index contributed by atoms with van der Waals surface area (Å²) >= 11 is 13.4. The van der Waals surface area contributed by atoms with Crippen molar-refractivity contribution < 1.29 is 19.4 Å². The first-order valence-electron chi connectivity index (χ1n) is 16.4. The number of benzene rings is 3. The van der Waals surface area contributed by atoms with E-state index in [9.17, 15) is 14.7 Å². The molecule has 5 aromatic rings. The van der Waals surface area contributed by atoms with Crippen LogP contribution in [0.2, 0.25) is 10.0 Å². The number of aromatic carboxylic acids is 1. The predicted molar refractivity (Wildman–Crippen MR) is 197 cm³/mol. The molecule has 0 radical (unpaired) electrons. The van der Waals surface area contributed by atoms with E-state index in [-0.39, 0.29) is 11.5 Å². The number of carbonyl (C=O) groups is 2. The second-order valence-corrected chi connectivity index (χ2v) is 13.8. The molecular formula is C38H41Cl2N5O4. The number of nitrogens with zero attached hydrogens (tertiary/aromatic N) is 5. The van der Waals surface area contributed by atoms with Gasteiger partial charge in [-0.1, -0.05) is 29.3 Å². The molecule has 0 atom stereocenters. The summed E-state index contributed by atoms with van der Waals surface area (Å²) in [5.41, 5.74) is 9.36. The molecule has 1 aliphatic rings. The third-order valence-corrected chi connectivity index (χ3v) is 10.4. The Labute approximate surface area is 296 Å². The Morgan fingerprint density at radius 2 is 1.71 bits per heavy atom. The topological polar surface area (TPSA) is 92.8 Å². The molecule has 0 spiro atoms. The number of amides is 1. The summed E-state index contributed by atoms with van der Waals surface area (Å²) in [6, 6.07) is 12.9. The zero-order chi connectivity index (χ0) is 35.3. The van der Waals surface area contributed by atoms with E-state index in [1.54, 1.807) is 17.0 Å².